The first-order valence-electron chi connectivity index (χ1n) is 4.12. The van der Waals surface area contributed by atoms with Crippen molar-refractivity contribution >= 4 is 5.91 Å². The van der Waals surface area contributed by atoms with Crippen molar-refractivity contribution in [3.8, 4) is 0 Å². The maximum Gasteiger partial charge on any atom is 0.254 e. The quantitative estimate of drug-likeness (QED) is 0.313. The van der Waals surface area contributed by atoms with Crippen molar-refractivity contribution < 1.29 is 4.79 Å². The number of rotatable bonds is 5. The van der Waals surface area contributed by atoms with Gasteiger partial charge in [0.1, 0.15) is 0 Å². The van der Waals surface area contributed by atoms with Gasteiger partial charge in [-0.25, -0.2) is 0 Å². The number of hydrogen-bond acceptors (Lipinski definition) is 3. The van der Waals surface area contributed by atoms with E-state index in [2.05, 4.69) is 25.5 Å². The zero-order valence-corrected chi connectivity index (χ0v) is 7.47. The Bertz CT molecular complexity index is 326. The van der Waals surface area contributed by atoms with E-state index < -0.39 is 0 Å². The number of aromatic amines is 1. The highest BCUT2D eigenvalue weighted by Crippen LogP contribution is 1.92. The fraction of sp³-hybridized carbons (Fsp3) is 0.429. The molecule has 0 fully saturated rings. The fourth-order valence-corrected chi connectivity index (χ4v) is 0.874. The van der Waals surface area contributed by atoms with Gasteiger partial charge in [0.15, 0.2) is 0 Å². The maximum absolute atomic E-state index is 11.3. The van der Waals surface area contributed by atoms with Gasteiger partial charge in [-0.3, -0.25) is 9.89 Å². The minimum Gasteiger partial charge on any atom is -0.352 e. The van der Waals surface area contributed by atoms with Crippen molar-refractivity contribution in [2.75, 3.05) is 13.1 Å². The molecule has 7 heteroatoms. The molecule has 1 aromatic rings. The van der Waals surface area contributed by atoms with Crippen LogP contribution in [0, 0.1) is 0 Å². The second kappa shape index (κ2) is 5.60. The molecule has 0 saturated heterocycles. The number of azide groups is 1. The topological polar surface area (TPSA) is 107 Å². The Kier molecular flexibility index (Phi) is 4.03. The molecule has 0 saturated carbocycles. The van der Waals surface area contributed by atoms with E-state index in [9.17, 15) is 4.79 Å². The van der Waals surface area contributed by atoms with E-state index in [1.165, 1.54) is 12.4 Å². The summed E-state index contributed by atoms with van der Waals surface area (Å²) in [6.45, 7) is 0.880. The lowest BCUT2D eigenvalue weighted by Crippen LogP contribution is -2.24. The average Bonchev–Trinajstić information content (AvgIpc) is 2.70. The van der Waals surface area contributed by atoms with Gasteiger partial charge in [0.05, 0.1) is 11.8 Å². The van der Waals surface area contributed by atoms with Crippen molar-refractivity contribution in [1.82, 2.24) is 15.5 Å². The molecule has 0 atom stereocenters. The van der Waals surface area contributed by atoms with Gasteiger partial charge in [-0.2, -0.15) is 5.10 Å². The number of H-pyrrole nitrogens is 1. The van der Waals surface area contributed by atoms with Crippen LogP contribution in [-0.4, -0.2) is 29.2 Å². The van der Waals surface area contributed by atoms with Gasteiger partial charge >= 0.3 is 0 Å². The summed E-state index contributed by atoms with van der Waals surface area (Å²) in [6.07, 6.45) is 3.60. The summed E-state index contributed by atoms with van der Waals surface area (Å²) in [7, 11) is 0. The first kappa shape index (κ1) is 10.1. The van der Waals surface area contributed by atoms with E-state index >= 15 is 0 Å². The van der Waals surface area contributed by atoms with E-state index in [0.29, 0.717) is 25.1 Å². The molecule has 0 aliphatic heterocycles. The van der Waals surface area contributed by atoms with Gasteiger partial charge < -0.3 is 5.32 Å². The van der Waals surface area contributed by atoms with Crippen LogP contribution < -0.4 is 5.32 Å². The third-order valence-electron chi connectivity index (χ3n) is 1.54. The molecule has 0 aliphatic rings. The van der Waals surface area contributed by atoms with Crippen molar-refractivity contribution in [1.29, 1.82) is 0 Å². The molecule has 74 valence electrons. The smallest absolute Gasteiger partial charge is 0.254 e. The lowest BCUT2D eigenvalue weighted by atomic mass is 10.3. The average molecular weight is 194 g/mol. The zero-order valence-electron chi connectivity index (χ0n) is 7.47. The predicted molar refractivity (Wildman–Crippen MR) is 49.6 cm³/mol. The summed E-state index contributed by atoms with van der Waals surface area (Å²) in [5.41, 5.74) is 8.48. The molecule has 0 aliphatic carbocycles. The van der Waals surface area contributed by atoms with Crippen LogP contribution in [0.5, 0.6) is 0 Å². The van der Waals surface area contributed by atoms with E-state index in [-0.39, 0.29) is 5.91 Å². The Balaban J connectivity index is 2.19. The van der Waals surface area contributed by atoms with Crippen molar-refractivity contribution in [3.05, 3.63) is 28.4 Å². The SMILES string of the molecule is [N-]=[N+]=NCCCNC(=O)c1cn[nH]c1. The summed E-state index contributed by atoms with van der Waals surface area (Å²) < 4.78 is 0. The Morgan fingerprint density at radius 1 is 1.79 bits per heavy atom. The van der Waals surface area contributed by atoms with E-state index in [0.717, 1.165) is 0 Å². The van der Waals surface area contributed by atoms with Crippen LogP contribution in [0.15, 0.2) is 17.5 Å². The van der Waals surface area contributed by atoms with Crippen molar-refractivity contribution in [3.63, 3.8) is 0 Å². The Morgan fingerprint density at radius 3 is 3.29 bits per heavy atom. The molecule has 2 N–H and O–H groups in total. The number of nitrogens with zero attached hydrogens (tertiary/aromatic N) is 4. The minimum atomic E-state index is -0.181. The summed E-state index contributed by atoms with van der Waals surface area (Å²) in [6, 6.07) is 0. The molecule has 1 amide bonds. The van der Waals surface area contributed by atoms with Gasteiger partial charge in [0.25, 0.3) is 5.91 Å². The number of carbonyl (C=O) groups excluding carboxylic acids is 1. The van der Waals surface area contributed by atoms with Crippen LogP contribution in [0.2, 0.25) is 0 Å². The van der Waals surface area contributed by atoms with Gasteiger partial charge in [-0.15, -0.1) is 0 Å². The predicted octanol–water partition coefficient (Wildman–Crippen LogP) is 0.840. The number of nitrogens with one attached hydrogen (secondary N) is 2. The summed E-state index contributed by atoms with van der Waals surface area (Å²) in [4.78, 5) is 13.9. The van der Waals surface area contributed by atoms with E-state index in [1.54, 1.807) is 0 Å². The molecule has 0 aromatic carbocycles. The van der Waals surface area contributed by atoms with Crippen LogP contribution >= 0.6 is 0 Å². The number of hydrogen-bond donors (Lipinski definition) is 2. The van der Waals surface area contributed by atoms with Crippen LogP contribution in [-0.2, 0) is 0 Å². The molecule has 0 unspecified atom stereocenters. The lowest BCUT2D eigenvalue weighted by molar-refractivity contribution is 0.0953. The Morgan fingerprint density at radius 2 is 2.64 bits per heavy atom. The highest BCUT2D eigenvalue weighted by atomic mass is 16.1. The fourth-order valence-electron chi connectivity index (χ4n) is 0.874. The van der Waals surface area contributed by atoms with Crippen molar-refractivity contribution in [2.45, 2.75) is 6.42 Å². The molecule has 7 nitrogen and oxygen atoms in total. The molecular weight excluding hydrogens is 184 g/mol. The molecule has 0 radical (unpaired) electrons. The monoisotopic (exact) mass is 194 g/mol. The molecule has 0 spiro atoms. The van der Waals surface area contributed by atoms with E-state index in [4.69, 9.17) is 5.53 Å². The highest BCUT2D eigenvalue weighted by Gasteiger charge is 2.03. The second-order valence-electron chi connectivity index (χ2n) is 2.55. The maximum atomic E-state index is 11.3. The van der Waals surface area contributed by atoms with Gasteiger partial charge in [0.2, 0.25) is 0 Å². The normalized spacial score (nSPS) is 9.14. The number of amides is 1. The van der Waals surface area contributed by atoms with Crippen LogP contribution in [0.25, 0.3) is 10.4 Å². The first-order chi connectivity index (χ1) is 6.84. The largest absolute Gasteiger partial charge is 0.352 e. The van der Waals surface area contributed by atoms with Gasteiger partial charge in [-0.1, -0.05) is 5.11 Å². The second-order valence-corrected chi connectivity index (χ2v) is 2.55. The number of carbonyl (C=O) groups is 1. The molecule has 14 heavy (non-hydrogen) atoms. The molecule has 0 bridgehead atoms. The Hall–Kier alpha value is -2.01. The lowest BCUT2D eigenvalue weighted by Gasteiger charge is -2.00. The molecule has 1 aromatic heterocycles. The van der Waals surface area contributed by atoms with E-state index in [1.807, 2.05) is 0 Å². The van der Waals surface area contributed by atoms with Crippen molar-refractivity contribution in [2.24, 2.45) is 5.11 Å². The third kappa shape index (κ3) is 3.16. The van der Waals surface area contributed by atoms with Gasteiger partial charge in [0, 0.05) is 24.2 Å². The standard InChI is InChI=1S/C7H10N6O/c8-13-10-3-1-2-9-7(14)6-4-11-12-5-6/h4-5H,1-3H2,(H,9,14)(H,11,12). The zero-order chi connectivity index (χ0) is 10.2. The third-order valence-corrected chi connectivity index (χ3v) is 1.54. The molecule has 1 heterocycles. The number of aromatic nitrogens is 2. The molecular formula is C7H10N6O. The summed E-state index contributed by atoms with van der Waals surface area (Å²) >= 11 is 0. The van der Waals surface area contributed by atoms with Crippen LogP contribution in [0.4, 0.5) is 0 Å². The summed E-state index contributed by atoms with van der Waals surface area (Å²) in [5, 5.41) is 12.2. The van der Waals surface area contributed by atoms with Crippen LogP contribution in [0.3, 0.4) is 0 Å². The van der Waals surface area contributed by atoms with Gasteiger partial charge in [-0.05, 0) is 12.0 Å². The van der Waals surface area contributed by atoms with Crippen LogP contribution in [0.1, 0.15) is 16.8 Å². The summed E-state index contributed by atoms with van der Waals surface area (Å²) in [5.74, 6) is -0.181. The molecule has 1 rings (SSSR count). The Labute approximate surface area is 80.1 Å². The minimum absolute atomic E-state index is 0.181. The highest BCUT2D eigenvalue weighted by molar-refractivity contribution is 5.93. The first-order valence-corrected chi connectivity index (χ1v) is 4.12.